The SMILES string of the molecule is CSCCC(NC(=O)COc1ccccc1)C(=O)Nc1cccc(NC(=O)C(C)C)c1. The van der Waals surface area contributed by atoms with Crippen molar-refractivity contribution in [2.75, 3.05) is 29.2 Å². The lowest BCUT2D eigenvalue weighted by Crippen LogP contribution is -2.45. The molecule has 0 saturated heterocycles. The number of ether oxygens (including phenoxy) is 1. The molecule has 0 aliphatic carbocycles. The fraction of sp³-hybridized carbons (Fsp3) is 0.348. The maximum absolute atomic E-state index is 12.8. The Morgan fingerprint density at radius 1 is 0.935 bits per heavy atom. The number of para-hydroxylation sites is 1. The van der Waals surface area contributed by atoms with E-state index in [9.17, 15) is 14.4 Å². The molecule has 0 heterocycles. The average Bonchev–Trinajstić information content (AvgIpc) is 2.76. The summed E-state index contributed by atoms with van der Waals surface area (Å²) >= 11 is 1.59. The molecule has 0 fully saturated rings. The number of carbonyl (C=O) groups excluding carboxylic acids is 3. The van der Waals surface area contributed by atoms with Crippen molar-refractivity contribution in [3.63, 3.8) is 0 Å². The monoisotopic (exact) mass is 443 g/mol. The van der Waals surface area contributed by atoms with Crippen LogP contribution in [0.4, 0.5) is 11.4 Å². The first-order valence-corrected chi connectivity index (χ1v) is 11.5. The van der Waals surface area contributed by atoms with Gasteiger partial charge in [-0.3, -0.25) is 14.4 Å². The van der Waals surface area contributed by atoms with E-state index in [0.717, 1.165) is 0 Å². The second kappa shape index (κ2) is 12.6. The molecule has 166 valence electrons. The van der Waals surface area contributed by atoms with Gasteiger partial charge >= 0.3 is 0 Å². The number of carbonyl (C=O) groups is 3. The summed E-state index contributed by atoms with van der Waals surface area (Å²) in [5.74, 6) is 0.345. The summed E-state index contributed by atoms with van der Waals surface area (Å²) in [6.45, 7) is 3.44. The van der Waals surface area contributed by atoms with Crippen molar-refractivity contribution in [1.82, 2.24) is 5.32 Å². The lowest BCUT2D eigenvalue weighted by atomic mass is 10.2. The first kappa shape index (κ1) is 24.3. The minimum Gasteiger partial charge on any atom is -0.484 e. The smallest absolute Gasteiger partial charge is 0.258 e. The number of hydrogen-bond acceptors (Lipinski definition) is 5. The number of rotatable bonds is 11. The van der Waals surface area contributed by atoms with Crippen molar-refractivity contribution in [2.45, 2.75) is 26.3 Å². The van der Waals surface area contributed by atoms with Crippen LogP contribution in [0.25, 0.3) is 0 Å². The molecule has 0 spiro atoms. The molecule has 0 aromatic heterocycles. The van der Waals surface area contributed by atoms with Crippen LogP contribution in [0, 0.1) is 5.92 Å². The fourth-order valence-corrected chi connectivity index (χ4v) is 3.07. The molecule has 2 aromatic carbocycles. The number of hydrogen-bond donors (Lipinski definition) is 3. The molecule has 0 saturated carbocycles. The van der Waals surface area contributed by atoms with Gasteiger partial charge in [-0.05, 0) is 48.8 Å². The van der Waals surface area contributed by atoms with Gasteiger partial charge in [-0.15, -0.1) is 0 Å². The Balaban J connectivity index is 1.97. The Labute approximate surface area is 187 Å². The van der Waals surface area contributed by atoms with Crippen LogP contribution in [0.15, 0.2) is 54.6 Å². The van der Waals surface area contributed by atoms with Crippen molar-refractivity contribution in [2.24, 2.45) is 5.92 Å². The number of thioether (sulfide) groups is 1. The first-order valence-electron chi connectivity index (χ1n) is 10.1. The number of amides is 3. The predicted molar refractivity (Wildman–Crippen MR) is 125 cm³/mol. The van der Waals surface area contributed by atoms with Gasteiger partial charge in [-0.1, -0.05) is 38.1 Å². The van der Waals surface area contributed by atoms with Crippen molar-refractivity contribution in [1.29, 1.82) is 0 Å². The van der Waals surface area contributed by atoms with Crippen LogP contribution in [-0.2, 0) is 14.4 Å². The van der Waals surface area contributed by atoms with Gasteiger partial charge in [0.05, 0.1) is 0 Å². The molecular formula is C23H29N3O4S. The maximum Gasteiger partial charge on any atom is 0.258 e. The van der Waals surface area contributed by atoms with Crippen molar-refractivity contribution in [3.8, 4) is 5.75 Å². The molecule has 8 heteroatoms. The minimum absolute atomic E-state index is 0.105. The third-order valence-electron chi connectivity index (χ3n) is 4.30. The summed E-state index contributed by atoms with van der Waals surface area (Å²) in [6, 6.07) is 15.2. The van der Waals surface area contributed by atoms with Crippen molar-refractivity contribution < 1.29 is 19.1 Å². The standard InChI is InChI=1S/C23H29N3O4S/c1-16(2)22(28)24-17-8-7-9-18(14-17)25-23(29)20(12-13-31-3)26-21(27)15-30-19-10-5-4-6-11-19/h4-11,14,16,20H,12-13,15H2,1-3H3,(H,24,28)(H,25,29)(H,26,27). The highest BCUT2D eigenvalue weighted by molar-refractivity contribution is 7.98. The lowest BCUT2D eigenvalue weighted by molar-refractivity contribution is -0.127. The van der Waals surface area contributed by atoms with Crippen molar-refractivity contribution in [3.05, 3.63) is 54.6 Å². The predicted octanol–water partition coefficient (Wildman–Crippen LogP) is 3.54. The summed E-state index contributed by atoms with van der Waals surface area (Å²) in [7, 11) is 0. The quantitative estimate of drug-likeness (QED) is 0.494. The van der Waals surface area contributed by atoms with Gasteiger partial charge in [-0.25, -0.2) is 0 Å². The van der Waals surface area contributed by atoms with Crippen LogP contribution < -0.4 is 20.7 Å². The summed E-state index contributed by atoms with van der Waals surface area (Å²) < 4.78 is 5.45. The fourth-order valence-electron chi connectivity index (χ4n) is 2.60. The van der Waals surface area contributed by atoms with E-state index in [0.29, 0.717) is 29.3 Å². The van der Waals surface area contributed by atoms with Crippen LogP contribution >= 0.6 is 11.8 Å². The van der Waals surface area contributed by atoms with Gasteiger partial charge in [0.15, 0.2) is 6.61 Å². The van der Waals surface area contributed by atoms with Gasteiger partial charge < -0.3 is 20.7 Å². The third-order valence-corrected chi connectivity index (χ3v) is 4.94. The summed E-state index contributed by atoms with van der Waals surface area (Å²) in [6.07, 6.45) is 2.42. The van der Waals surface area contributed by atoms with E-state index >= 15 is 0 Å². The second-order valence-electron chi connectivity index (χ2n) is 7.22. The molecule has 1 atom stereocenters. The Bertz CT molecular complexity index is 874. The Kier molecular flexibility index (Phi) is 9.90. The van der Waals surface area contributed by atoms with Crippen LogP contribution in [0.5, 0.6) is 5.75 Å². The lowest BCUT2D eigenvalue weighted by Gasteiger charge is -2.19. The molecule has 7 nitrogen and oxygen atoms in total. The first-order chi connectivity index (χ1) is 14.9. The van der Waals surface area contributed by atoms with Crippen molar-refractivity contribution >= 4 is 40.9 Å². The van der Waals surface area contributed by atoms with Gasteiger partial charge in [0.25, 0.3) is 5.91 Å². The van der Waals surface area contributed by atoms with E-state index in [4.69, 9.17) is 4.74 Å². The summed E-state index contributed by atoms with van der Waals surface area (Å²) in [5.41, 5.74) is 1.13. The van der Waals surface area contributed by atoms with E-state index in [1.807, 2.05) is 38.3 Å². The van der Waals surface area contributed by atoms with Gasteiger partial charge in [0.2, 0.25) is 11.8 Å². The highest BCUT2D eigenvalue weighted by atomic mass is 32.2. The Morgan fingerprint density at radius 3 is 2.19 bits per heavy atom. The molecule has 1 unspecified atom stereocenters. The van der Waals surface area contributed by atoms with E-state index in [1.54, 1.807) is 48.2 Å². The van der Waals surface area contributed by atoms with Gasteiger partial charge in [0.1, 0.15) is 11.8 Å². The van der Waals surface area contributed by atoms with Crippen LogP contribution in [0.3, 0.4) is 0 Å². The molecule has 0 aliphatic heterocycles. The molecule has 3 N–H and O–H groups in total. The van der Waals surface area contributed by atoms with E-state index in [-0.39, 0.29) is 30.2 Å². The van der Waals surface area contributed by atoms with Crippen LogP contribution in [-0.4, -0.2) is 42.4 Å². The molecule has 2 aromatic rings. The van der Waals surface area contributed by atoms with E-state index in [1.165, 1.54) is 0 Å². The summed E-state index contributed by atoms with van der Waals surface area (Å²) in [4.78, 5) is 37.0. The Morgan fingerprint density at radius 2 is 1.58 bits per heavy atom. The molecule has 0 radical (unpaired) electrons. The zero-order valence-corrected chi connectivity index (χ0v) is 18.8. The largest absolute Gasteiger partial charge is 0.484 e. The Hall–Kier alpha value is -3.00. The van der Waals surface area contributed by atoms with Crippen LogP contribution in [0.2, 0.25) is 0 Å². The number of anilines is 2. The van der Waals surface area contributed by atoms with Gasteiger partial charge in [-0.2, -0.15) is 11.8 Å². The molecule has 3 amide bonds. The maximum atomic E-state index is 12.8. The van der Waals surface area contributed by atoms with Crippen LogP contribution in [0.1, 0.15) is 20.3 Å². The zero-order chi connectivity index (χ0) is 22.6. The van der Waals surface area contributed by atoms with Gasteiger partial charge in [0, 0.05) is 17.3 Å². The molecule has 2 rings (SSSR count). The zero-order valence-electron chi connectivity index (χ0n) is 18.0. The molecule has 0 bridgehead atoms. The molecule has 31 heavy (non-hydrogen) atoms. The minimum atomic E-state index is -0.701. The molecule has 0 aliphatic rings. The van der Waals surface area contributed by atoms with E-state index < -0.39 is 6.04 Å². The highest BCUT2D eigenvalue weighted by Crippen LogP contribution is 2.17. The number of benzene rings is 2. The topological polar surface area (TPSA) is 96.5 Å². The third kappa shape index (κ3) is 8.72. The normalized spacial score (nSPS) is 11.5. The summed E-state index contributed by atoms with van der Waals surface area (Å²) in [5, 5.41) is 8.37. The molecular weight excluding hydrogens is 414 g/mol. The average molecular weight is 444 g/mol. The highest BCUT2D eigenvalue weighted by Gasteiger charge is 2.21. The second-order valence-corrected chi connectivity index (χ2v) is 8.20. The number of nitrogens with one attached hydrogen (secondary N) is 3. The van der Waals surface area contributed by atoms with E-state index in [2.05, 4.69) is 16.0 Å².